The predicted octanol–water partition coefficient (Wildman–Crippen LogP) is 1.96. The van der Waals surface area contributed by atoms with E-state index in [-0.39, 0.29) is 5.82 Å². The highest BCUT2D eigenvalue weighted by Gasteiger charge is 2.01. The van der Waals surface area contributed by atoms with E-state index in [4.69, 9.17) is 0 Å². The van der Waals surface area contributed by atoms with Crippen molar-refractivity contribution in [2.75, 3.05) is 7.05 Å². The molecule has 1 rings (SSSR count). The van der Waals surface area contributed by atoms with E-state index < -0.39 is 0 Å². The number of halogens is 1. The molecule has 0 bridgehead atoms. The molecule has 0 amide bonds. The van der Waals surface area contributed by atoms with Crippen LogP contribution in [0.15, 0.2) is 29.4 Å². The van der Waals surface area contributed by atoms with E-state index in [1.165, 1.54) is 6.07 Å². The maximum absolute atomic E-state index is 13.1. The van der Waals surface area contributed by atoms with Crippen molar-refractivity contribution >= 4 is 5.71 Å². The lowest BCUT2D eigenvalue weighted by atomic mass is 10.1. The summed E-state index contributed by atoms with van der Waals surface area (Å²) >= 11 is 0. The Bertz CT molecular complexity index is 308. The van der Waals surface area contributed by atoms with Crippen molar-refractivity contribution in [3.8, 4) is 0 Å². The minimum atomic E-state index is -0.173. The Balaban J connectivity index is 2.74. The molecule has 13 heavy (non-hydrogen) atoms. The van der Waals surface area contributed by atoms with Crippen LogP contribution < -0.4 is 5.43 Å². The van der Waals surface area contributed by atoms with Gasteiger partial charge in [0.15, 0.2) is 0 Å². The summed E-state index contributed by atoms with van der Waals surface area (Å²) in [6, 6.07) is 6.74. The molecule has 0 fully saturated rings. The normalized spacial score (nSPS) is 11.5. The minimum Gasteiger partial charge on any atom is -0.313 e. The molecule has 0 aromatic heterocycles. The smallest absolute Gasteiger partial charge is 0.126 e. The molecule has 0 heterocycles. The molecule has 1 N–H and O–H groups in total. The van der Waals surface area contributed by atoms with Gasteiger partial charge in [0.05, 0.1) is 0 Å². The van der Waals surface area contributed by atoms with Crippen molar-refractivity contribution < 1.29 is 4.39 Å². The van der Waals surface area contributed by atoms with Crippen molar-refractivity contribution in [2.24, 2.45) is 5.10 Å². The van der Waals surface area contributed by atoms with Crippen LogP contribution in [-0.4, -0.2) is 12.8 Å². The zero-order valence-corrected chi connectivity index (χ0v) is 7.84. The molecule has 0 atom stereocenters. The lowest BCUT2D eigenvalue weighted by Gasteiger charge is -2.01. The van der Waals surface area contributed by atoms with Gasteiger partial charge in [-0.25, -0.2) is 4.39 Å². The second-order valence-corrected chi connectivity index (χ2v) is 2.84. The van der Waals surface area contributed by atoms with Gasteiger partial charge in [-0.1, -0.05) is 18.2 Å². The third-order valence-corrected chi connectivity index (χ3v) is 1.71. The number of nitrogens with zero attached hydrogens (tertiary/aromatic N) is 1. The number of nitrogens with one attached hydrogen (secondary N) is 1. The van der Waals surface area contributed by atoms with E-state index in [1.54, 1.807) is 19.2 Å². The van der Waals surface area contributed by atoms with Crippen LogP contribution in [0.2, 0.25) is 0 Å². The molecule has 0 spiro atoms. The zero-order valence-electron chi connectivity index (χ0n) is 7.84. The maximum Gasteiger partial charge on any atom is 0.126 e. The average molecular weight is 180 g/mol. The fraction of sp³-hybridized carbons (Fsp3) is 0.300. The van der Waals surface area contributed by atoms with Gasteiger partial charge in [0.25, 0.3) is 0 Å². The Morgan fingerprint density at radius 2 is 2.15 bits per heavy atom. The van der Waals surface area contributed by atoms with E-state index in [9.17, 15) is 4.39 Å². The van der Waals surface area contributed by atoms with Gasteiger partial charge >= 0.3 is 0 Å². The Morgan fingerprint density at radius 1 is 1.46 bits per heavy atom. The van der Waals surface area contributed by atoms with E-state index in [1.807, 2.05) is 13.0 Å². The first-order valence-corrected chi connectivity index (χ1v) is 4.17. The molecule has 3 heteroatoms. The van der Waals surface area contributed by atoms with Crippen molar-refractivity contribution in [3.63, 3.8) is 0 Å². The van der Waals surface area contributed by atoms with Crippen LogP contribution in [0.1, 0.15) is 12.5 Å². The fourth-order valence-electron chi connectivity index (χ4n) is 1.15. The molecule has 0 radical (unpaired) electrons. The summed E-state index contributed by atoms with van der Waals surface area (Å²) in [5.74, 6) is -0.173. The number of hydrogen-bond acceptors (Lipinski definition) is 2. The predicted molar refractivity (Wildman–Crippen MR) is 52.3 cm³/mol. The van der Waals surface area contributed by atoms with Crippen molar-refractivity contribution in [1.82, 2.24) is 5.43 Å². The SMILES string of the molecule is CN/N=C(\C)Cc1ccccc1F. The highest BCUT2D eigenvalue weighted by Crippen LogP contribution is 2.07. The largest absolute Gasteiger partial charge is 0.313 e. The first kappa shape index (κ1) is 9.71. The third kappa shape index (κ3) is 2.86. The van der Waals surface area contributed by atoms with Gasteiger partial charge < -0.3 is 5.43 Å². The summed E-state index contributed by atoms with van der Waals surface area (Å²) in [7, 11) is 1.73. The van der Waals surface area contributed by atoms with Crippen LogP contribution in [0.25, 0.3) is 0 Å². The quantitative estimate of drug-likeness (QED) is 0.558. The summed E-state index contributed by atoms with van der Waals surface area (Å²) < 4.78 is 13.1. The van der Waals surface area contributed by atoms with E-state index in [2.05, 4.69) is 10.5 Å². The molecular weight excluding hydrogens is 167 g/mol. The minimum absolute atomic E-state index is 0.173. The van der Waals surface area contributed by atoms with Crippen LogP contribution in [-0.2, 0) is 6.42 Å². The van der Waals surface area contributed by atoms with Crippen LogP contribution in [0, 0.1) is 5.82 Å². The molecule has 1 aromatic carbocycles. The second-order valence-electron chi connectivity index (χ2n) is 2.84. The highest BCUT2D eigenvalue weighted by atomic mass is 19.1. The van der Waals surface area contributed by atoms with Crippen LogP contribution in [0.4, 0.5) is 4.39 Å². The van der Waals surface area contributed by atoms with Gasteiger partial charge in [-0.2, -0.15) is 5.10 Å². The zero-order chi connectivity index (χ0) is 9.68. The van der Waals surface area contributed by atoms with Crippen LogP contribution >= 0.6 is 0 Å². The van der Waals surface area contributed by atoms with E-state index in [0.29, 0.717) is 12.0 Å². The molecule has 0 saturated heterocycles. The third-order valence-electron chi connectivity index (χ3n) is 1.71. The highest BCUT2D eigenvalue weighted by molar-refractivity contribution is 5.83. The first-order valence-electron chi connectivity index (χ1n) is 4.17. The summed E-state index contributed by atoms with van der Waals surface area (Å²) in [4.78, 5) is 0. The van der Waals surface area contributed by atoms with E-state index in [0.717, 1.165) is 5.71 Å². The molecule has 2 nitrogen and oxygen atoms in total. The van der Waals surface area contributed by atoms with Gasteiger partial charge in [-0.15, -0.1) is 0 Å². The summed E-state index contributed by atoms with van der Waals surface area (Å²) in [6.45, 7) is 1.86. The molecule has 1 aromatic rings. The average Bonchev–Trinajstić information content (AvgIpc) is 2.09. The van der Waals surface area contributed by atoms with Crippen molar-refractivity contribution in [1.29, 1.82) is 0 Å². The Kier molecular flexibility index (Phi) is 3.43. The lowest BCUT2D eigenvalue weighted by Crippen LogP contribution is -2.05. The standard InChI is InChI=1S/C10H13FN2/c1-8(13-12-2)7-9-5-3-4-6-10(9)11/h3-6,12H,7H2,1-2H3/b13-8+. The molecule has 0 aliphatic heterocycles. The summed E-state index contributed by atoms with van der Waals surface area (Å²) in [5.41, 5.74) is 4.22. The number of hydrazone groups is 1. The first-order chi connectivity index (χ1) is 6.24. The fourth-order valence-corrected chi connectivity index (χ4v) is 1.15. The lowest BCUT2D eigenvalue weighted by molar-refractivity contribution is 0.615. The monoisotopic (exact) mass is 180 g/mol. The number of hydrogen-bond donors (Lipinski definition) is 1. The summed E-state index contributed by atoms with van der Waals surface area (Å²) in [6.07, 6.45) is 0.549. The second kappa shape index (κ2) is 4.60. The Hall–Kier alpha value is -1.38. The van der Waals surface area contributed by atoms with Crippen LogP contribution in [0.5, 0.6) is 0 Å². The molecule has 0 saturated carbocycles. The molecule has 0 unspecified atom stereocenters. The van der Waals surface area contributed by atoms with Gasteiger partial charge in [0.1, 0.15) is 5.82 Å². The van der Waals surface area contributed by atoms with Gasteiger partial charge in [0.2, 0.25) is 0 Å². The Morgan fingerprint density at radius 3 is 2.77 bits per heavy atom. The van der Waals surface area contributed by atoms with Crippen molar-refractivity contribution in [2.45, 2.75) is 13.3 Å². The topological polar surface area (TPSA) is 24.4 Å². The van der Waals surface area contributed by atoms with Gasteiger partial charge in [0, 0.05) is 19.2 Å². The molecule has 0 aliphatic carbocycles. The summed E-state index contributed by atoms with van der Waals surface area (Å²) in [5, 5.41) is 3.96. The maximum atomic E-state index is 13.1. The number of benzene rings is 1. The molecule has 0 aliphatic rings. The molecular formula is C10H13FN2. The van der Waals surface area contributed by atoms with E-state index >= 15 is 0 Å². The number of rotatable bonds is 3. The Labute approximate surface area is 77.5 Å². The van der Waals surface area contributed by atoms with Crippen LogP contribution in [0.3, 0.4) is 0 Å². The molecule has 70 valence electrons. The van der Waals surface area contributed by atoms with Crippen molar-refractivity contribution in [3.05, 3.63) is 35.6 Å². The van der Waals surface area contributed by atoms with Gasteiger partial charge in [-0.05, 0) is 18.6 Å². The van der Waals surface area contributed by atoms with Gasteiger partial charge in [-0.3, -0.25) is 0 Å².